The van der Waals surface area contributed by atoms with E-state index in [4.69, 9.17) is 17.3 Å². The molecule has 0 saturated carbocycles. The Balaban J connectivity index is 2.49. The molecule has 0 saturated heterocycles. The summed E-state index contributed by atoms with van der Waals surface area (Å²) in [5.74, 6) is -6.08. The van der Waals surface area contributed by atoms with Crippen molar-refractivity contribution < 1.29 is 17.6 Å². The van der Waals surface area contributed by atoms with Crippen LogP contribution in [0.1, 0.15) is 0 Å². The van der Waals surface area contributed by atoms with Crippen LogP contribution >= 0.6 is 11.6 Å². The van der Waals surface area contributed by atoms with Gasteiger partial charge in [-0.2, -0.15) is 0 Å². The smallest absolute Gasteiger partial charge is 0.185 e. The van der Waals surface area contributed by atoms with Gasteiger partial charge in [0.1, 0.15) is 5.69 Å². The van der Waals surface area contributed by atoms with Crippen molar-refractivity contribution in [2.45, 2.75) is 0 Å². The Kier molecular flexibility index (Phi) is 3.53. The average Bonchev–Trinajstić information content (AvgIpc) is 2.34. The first-order valence-electron chi connectivity index (χ1n) is 5.05. The number of hydrogen-bond donors (Lipinski definition) is 2. The van der Waals surface area contributed by atoms with Crippen LogP contribution in [0.25, 0.3) is 0 Å². The lowest BCUT2D eigenvalue weighted by molar-refractivity contribution is 0.459. The van der Waals surface area contributed by atoms with Gasteiger partial charge in [-0.15, -0.1) is 0 Å². The molecule has 0 fully saturated rings. The van der Waals surface area contributed by atoms with Crippen LogP contribution < -0.4 is 11.1 Å². The van der Waals surface area contributed by atoms with Crippen molar-refractivity contribution in [1.82, 2.24) is 0 Å². The number of anilines is 3. The lowest BCUT2D eigenvalue weighted by Crippen LogP contribution is -2.04. The maximum Gasteiger partial charge on any atom is 0.185 e. The number of benzene rings is 2. The second kappa shape index (κ2) is 4.97. The Morgan fingerprint density at radius 1 is 0.947 bits per heavy atom. The summed E-state index contributed by atoms with van der Waals surface area (Å²) in [5, 5.41) is 2.52. The van der Waals surface area contributed by atoms with Crippen LogP contribution in [0.5, 0.6) is 0 Å². The van der Waals surface area contributed by atoms with Crippen molar-refractivity contribution in [3.8, 4) is 0 Å². The topological polar surface area (TPSA) is 38.0 Å². The lowest BCUT2D eigenvalue weighted by atomic mass is 10.2. The average molecular weight is 291 g/mol. The van der Waals surface area contributed by atoms with Crippen molar-refractivity contribution in [2.75, 3.05) is 11.1 Å². The molecule has 2 rings (SSSR count). The van der Waals surface area contributed by atoms with E-state index in [-0.39, 0.29) is 17.4 Å². The normalized spacial score (nSPS) is 10.6. The monoisotopic (exact) mass is 290 g/mol. The fourth-order valence-electron chi connectivity index (χ4n) is 1.46. The fraction of sp³-hybridized carbons (Fsp3) is 0. The number of nitrogens with two attached hydrogens (primary N) is 1. The summed E-state index contributed by atoms with van der Waals surface area (Å²) in [6.45, 7) is 0. The first kappa shape index (κ1) is 13.5. The Morgan fingerprint density at radius 3 is 2.05 bits per heavy atom. The molecule has 0 atom stereocenters. The van der Waals surface area contributed by atoms with Gasteiger partial charge in [-0.25, -0.2) is 17.6 Å². The molecule has 0 radical (unpaired) electrons. The van der Waals surface area contributed by atoms with Crippen LogP contribution in [0.4, 0.5) is 34.6 Å². The number of nitrogen functional groups attached to an aromatic ring is 1. The molecule has 19 heavy (non-hydrogen) atoms. The fourth-order valence-corrected chi connectivity index (χ4v) is 1.65. The minimum absolute atomic E-state index is 0.0761. The third-order valence-corrected chi connectivity index (χ3v) is 2.62. The van der Waals surface area contributed by atoms with Crippen LogP contribution in [-0.4, -0.2) is 0 Å². The Morgan fingerprint density at radius 2 is 1.53 bits per heavy atom. The molecule has 2 nitrogen and oxygen atoms in total. The molecule has 0 heterocycles. The van der Waals surface area contributed by atoms with Gasteiger partial charge in [-0.3, -0.25) is 0 Å². The van der Waals surface area contributed by atoms with E-state index in [9.17, 15) is 17.6 Å². The summed E-state index contributed by atoms with van der Waals surface area (Å²) in [7, 11) is 0. The highest BCUT2D eigenvalue weighted by molar-refractivity contribution is 6.31. The highest BCUT2D eigenvalue weighted by atomic mass is 35.5. The number of hydrogen-bond acceptors (Lipinski definition) is 2. The van der Waals surface area contributed by atoms with Gasteiger partial charge in [-0.1, -0.05) is 11.6 Å². The number of nitrogens with one attached hydrogen (secondary N) is 1. The first-order valence-corrected chi connectivity index (χ1v) is 5.43. The molecule has 0 aromatic heterocycles. The molecule has 2 aromatic rings. The summed E-state index contributed by atoms with van der Waals surface area (Å²) in [4.78, 5) is 0. The minimum Gasteiger partial charge on any atom is -0.397 e. The van der Waals surface area contributed by atoms with Crippen molar-refractivity contribution in [3.63, 3.8) is 0 Å². The SMILES string of the molecule is Nc1cc(Cl)ccc1Nc1c(F)c(F)cc(F)c1F. The van der Waals surface area contributed by atoms with Crippen LogP contribution in [0.15, 0.2) is 24.3 Å². The van der Waals surface area contributed by atoms with Crippen molar-refractivity contribution in [3.05, 3.63) is 52.6 Å². The van der Waals surface area contributed by atoms with E-state index in [0.29, 0.717) is 5.02 Å². The Labute approximate surface area is 110 Å². The molecule has 0 unspecified atom stereocenters. The Bertz CT molecular complexity index is 620. The van der Waals surface area contributed by atoms with E-state index < -0.39 is 29.0 Å². The highest BCUT2D eigenvalue weighted by Gasteiger charge is 2.19. The molecular weight excluding hydrogens is 284 g/mol. The third-order valence-electron chi connectivity index (χ3n) is 2.39. The summed E-state index contributed by atoms with van der Waals surface area (Å²) < 4.78 is 52.9. The van der Waals surface area contributed by atoms with Gasteiger partial charge in [0.25, 0.3) is 0 Å². The van der Waals surface area contributed by atoms with Crippen LogP contribution in [0, 0.1) is 23.3 Å². The molecule has 3 N–H and O–H groups in total. The van der Waals surface area contributed by atoms with Gasteiger partial charge < -0.3 is 11.1 Å². The molecule has 0 aliphatic heterocycles. The van der Waals surface area contributed by atoms with Crippen LogP contribution in [0.3, 0.4) is 0 Å². The predicted octanol–water partition coefficient (Wildman–Crippen LogP) is 4.22. The third kappa shape index (κ3) is 2.58. The van der Waals surface area contributed by atoms with Gasteiger partial charge in [-0.05, 0) is 18.2 Å². The second-order valence-corrected chi connectivity index (χ2v) is 4.14. The quantitative estimate of drug-likeness (QED) is 0.494. The van der Waals surface area contributed by atoms with Gasteiger partial charge in [0, 0.05) is 11.1 Å². The lowest BCUT2D eigenvalue weighted by Gasteiger charge is -2.12. The van der Waals surface area contributed by atoms with Crippen LogP contribution in [0.2, 0.25) is 5.02 Å². The predicted molar refractivity (Wildman–Crippen MR) is 65.4 cm³/mol. The Hall–Kier alpha value is -1.95. The van der Waals surface area contributed by atoms with Crippen LogP contribution in [-0.2, 0) is 0 Å². The molecule has 7 heteroatoms. The van der Waals surface area contributed by atoms with E-state index >= 15 is 0 Å². The minimum atomic E-state index is -1.53. The maximum absolute atomic E-state index is 13.4. The zero-order chi connectivity index (χ0) is 14.2. The largest absolute Gasteiger partial charge is 0.397 e. The molecule has 0 aliphatic carbocycles. The molecule has 0 bridgehead atoms. The molecule has 0 spiro atoms. The molecule has 100 valence electrons. The van der Waals surface area contributed by atoms with Gasteiger partial charge >= 0.3 is 0 Å². The van der Waals surface area contributed by atoms with Gasteiger partial charge in [0.2, 0.25) is 0 Å². The second-order valence-electron chi connectivity index (χ2n) is 3.70. The number of halogens is 5. The van der Waals surface area contributed by atoms with E-state index in [2.05, 4.69) is 5.32 Å². The van der Waals surface area contributed by atoms with Gasteiger partial charge in [0.15, 0.2) is 23.3 Å². The van der Waals surface area contributed by atoms with Crippen molar-refractivity contribution >= 4 is 28.7 Å². The molecule has 2 aromatic carbocycles. The summed E-state index contributed by atoms with van der Waals surface area (Å²) in [6.07, 6.45) is 0. The van der Waals surface area contributed by atoms with E-state index in [1.165, 1.54) is 18.2 Å². The van der Waals surface area contributed by atoms with Crippen molar-refractivity contribution in [2.24, 2.45) is 0 Å². The zero-order valence-electron chi connectivity index (χ0n) is 9.28. The summed E-state index contributed by atoms with van der Waals surface area (Å²) in [5.41, 5.74) is 4.77. The van der Waals surface area contributed by atoms with Crippen molar-refractivity contribution in [1.29, 1.82) is 0 Å². The molecule has 0 amide bonds. The van der Waals surface area contributed by atoms with E-state index in [0.717, 1.165) is 0 Å². The first-order chi connectivity index (χ1) is 8.90. The summed E-state index contributed by atoms with van der Waals surface area (Å²) >= 11 is 5.66. The molecule has 0 aliphatic rings. The van der Waals surface area contributed by atoms with E-state index in [1.807, 2.05) is 0 Å². The standard InChI is InChI=1S/C12H7ClF4N2/c13-5-1-2-9(8(18)3-5)19-12-10(16)6(14)4-7(15)11(12)17/h1-4,19H,18H2. The zero-order valence-corrected chi connectivity index (χ0v) is 10.0. The van der Waals surface area contributed by atoms with Gasteiger partial charge in [0.05, 0.1) is 11.4 Å². The van der Waals surface area contributed by atoms with E-state index in [1.54, 1.807) is 0 Å². The maximum atomic E-state index is 13.4. The summed E-state index contributed by atoms with van der Waals surface area (Å²) in [6, 6.07) is 4.20. The number of rotatable bonds is 2. The highest BCUT2D eigenvalue weighted by Crippen LogP contribution is 2.31. The molecular formula is C12H7ClF4N2.